The number of hydrogen-bond acceptors (Lipinski definition) is 2. The molecule has 0 spiro atoms. The van der Waals surface area contributed by atoms with Crippen molar-refractivity contribution in [3.63, 3.8) is 0 Å². The average Bonchev–Trinajstić information content (AvgIpc) is 3.18. The molecule has 1 amide bonds. The van der Waals surface area contributed by atoms with Gasteiger partial charge >= 0.3 is 0 Å². The average molecular weight is 351 g/mol. The van der Waals surface area contributed by atoms with Crippen molar-refractivity contribution in [2.24, 2.45) is 0 Å². The molecule has 0 unspecified atom stereocenters. The zero-order valence-electron chi connectivity index (χ0n) is 15.7. The van der Waals surface area contributed by atoms with E-state index in [9.17, 15) is 4.79 Å². The minimum Gasteiger partial charge on any atom is -0.494 e. The van der Waals surface area contributed by atoms with Crippen LogP contribution in [0, 0.1) is 0 Å². The second-order valence-corrected chi connectivity index (χ2v) is 7.06. The Bertz CT molecular complexity index is 705. The van der Waals surface area contributed by atoms with Crippen LogP contribution in [0.3, 0.4) is 0 Å². The number of ether oxygens (including phenoxy) is 1. The summed E-state index contributed by atoms with van der Waals surface area (Å²) in [4.78, 5) is 13.0. The molecule has 2 aromatic rings. The summed E-state index contributed by atoms with van der Waals surface area (Å²) in [5.41, 5.74) is 2.05. The third kappa shape index (κ3) is 4.09. The molecule has 0 radical (unpaired) electrons. The first kappa shape index (κ1) is 18.5. The van der Waals surface area contributed by atoms with Crippen LogP contribution in [0.25, 0.3) is 0 Å². The predicted octanol–water partition coefficient (Wildman–Crippen LogP) is 4.65. The topological polar surface area (TPSA) is 38.3 Å². The number of carbonyl (C=O) groups is 1. The van der Waals surface area contributed by atoms with Crippen LogP contribution in [-0.2, 0) is 16.6 Å². The Hall–Kier alpha value is -2.29. The lowest BCUT2D eigenvalue weighted by molar-refractivity contribution is -0.126. The van der Waals surface area contributed by atoms with Gasteiger partial charge in [0.1, 0.15) is 5.75 Å². The van der Waals surface area contributed by atoms with Crippen molar-refractivity contribution < 1.29 is 9.53 Å². The molecule has 2 aromatic carbocycles. The van der Waals surface area contributed by atoms with Crippen LogP contribution >= 0.6 is 0 Å². The first-order valence-corrected chi connectivity index (χ1v) is 9.81. The van der Waals surface area contributed by atoms with Gasteiger partial charge in [-0.1, -0.05) is 61.4 Å². The Morgan fingerprint density at radius 2 is 1.73 bits per heavy atom. The summed E-state index contributed by atoms with van der Waals surface area (Å²) < 4.78 is 5.68. The van der Waals surface area contributed by atoms with E-state index in [-0.39, 0.29) is 11.3 Å². The monoisotopic (exact) mass is 351 g/mol. The minimum atomic E-state index is -0.329. The number of rotatable bonds is 8. The maximum atomic E-state index is 13.0. The van der Waals surface area contributed by atoms with Gasteiger partial charge in [-0.05, 0) is 49.8 Å². The lowest BCUT2D eigenvalue weighted by atomic mass is 9.78. The summed E-state index contributed by atoms with van der Waals surface area (Å²) in [5.74, 6) is 1.15. The molecule has 1 aliphatic carbocycles. The van der Waals surface area contributed by atoms with Crippen LogP contribution < -0.4 is 10.1 Å². The SMILES string of the molecule is CCOc1ccccc1CCCNC(=O)C1(c2ccccc2)CCCC1. The summed E-state index contributed by atoms with van der Waals surface area (Å²) in [7, 11) is 0. The van der Waals surface area contributed by atoms with Crippen LogP contribution in [0.4, 0.5) is 0 Å². The van der Waals surface area contributed by atoms with Gasteiger partial charge < -0.3 is 10.1 Å². The Balaban J connectivity index is 1.57. The zero-order chi connectivity index (χ0) is 18.2. The number of hydrogen-bond donors (Lipinski definition) is 1. The van der Waals surface area contributed by atoms with Crippen LogP contribution in [0.5, 0.6) is 5.75 Å². The van der Waals surface area contributed by atoms with E-state index in [1.165, 1.54) is 5.56 Å². The van der Waals surface area contributed by atoms with Crippen molar-refractivity contribution in [1.82, 2.24) is 5.32 Å². The van der Waals surface area contributed by atoms with Gasteiger partial charge in [0, 0.05) is 6.54 Å². The first-order chi connectivity index (χ1) is 12.8. The van der Waals surface area contributed by atoms with E-state index in [4.69, 9.17) is 4.74 Å². The predicted molar refractivity (Wildman–Crippen MR) is 106 cm³/mol. The van der Waals surface area contributed by atoms with Crippen molar-refractivity contribution in [3.8, 4) is 5.75 Å². The summed E-state index contributed by atoms with van der Waals surface area (Å²) in [6, 6.07) is 18.4. The maximum absolute atomic E-state index is 13.0. The Morgan fingerprint density at radius 1 is 1.04 bits per heavy atom. The number of amides is 1. The van der Waals surface area contributed by atoms with Gasteiger partial charge in [-0.2, -0.15) is 0 Å². The fourth-order valence-electron chi connectivity index (χ4n) is 4.04. The van der Waals surface area contributed by atoms with Gasteiger partial charge in [0.15, 0.2) is 0 Å². The van der Waals surface area contributed by atoms with E-state index in [2.05, 4.69) is 23.5 Å². The van der Waals surface area contributed by atoms with E-state index >= 15 is 0 Å². The van der Waals surface area contributed by atoms with Crippen LogP contribution in [0.15, 0.2) is 54.6 Å². The van der Waals surface area contributed by atoms with Crippen molar-refractivity contribution in [2.75, 3.05) is 13.2 Å². The highest BCUT2D eigenvalue weighted by Crippen LogP contribution is 2.41. The Kier molecular flexibility index (Phi) is 6.32. The molecule has 1 aliphatic rings. The second kappa shape index (κ2) is 8.88. The van der Waals surface area contributed by atoms with E-state index in [1.54, 1.807) is 0 Å². The molecular formula is C23H29NO2. The van der Waals surface area contributed by atoms with Gasteiger partial charge in [0.05, 0.1) is 12.0 Å². The number of benzene rings is 2. The third-order valence-electron chi connectivity index (χ3n) is 5.40. The largest absolute Gasteiger partial charge is 0.494 e. The minimum absolute atomic E-state index is 0.194. The zero-order valence-corrected chi connectivity index (χ0v) is 15.7. The van der Waals surface area contributed by atoms with E-state index < -0.39 is 0 Å². The van der Waals surface area contributed by atoms with E-state index in [0.29, 0.717) is 13.2 Å². The number of aryl methyl sites for hydroxylation is 1. The molecule has 1 N–H and O–H groups in total. The molecule has 1 saturated carbocycles. The fourth-order valence-corrected chi connectivity index (χ4v) is 4.04. The van der Waals surface area contributed by atoms with Crippen LogP contribution in [0.1, 0.15) is 50.2 Å². The lowest BCUT2D eigenvalue weighted by Gasteiger charge is -2.28. The Morgan fingerprint density at radius 3 is 2.46 bits per heavy atom. The van der Waals surface area contributed by atoms with Gasteiger partial charge in [0.2, 0.25) is 5.91 Å². The molecular weight excluding hydrogens is 322 g/mol. The van der Waals surface area contributed by atoms with Crippen molar-refractivity contribution in [3.05, 3.63) is 65.7 Å². The van der Waals surface area contributed by atoms with Gasteiger partial charge in [0.25, 0.3) is 0 Å². The molecule has 3 nitrogen and oxygen atoms in total. The molecule has 0 heterocycles. The highest BCUT2D eigenvalue weighted by Gasteiger charge is 2.42. The highest BCUT2D eigenvalue weighted by atomic mass is 16.5. The van der Waals surface area contributed by atoms with Crippen molar-refractivity contribution >= 4 is 5.91 Å². The van der Waals surface area contributed by atoms with E-state index in [0.717, 1.165) is 49.8 Å². The summed E-state index contributed by atoms with van der Waals surface area (Å²) in [5, 5.41) is 3.21. The molecule has 1 fully saturated rings. The van der Waals surface area contributed by atoms with Gasteiger partial charge in [-0.3, -0.25) is 4.79 Å². The molecule has 0 aliphatic heterocycles. The quantitative estimate of drug-likeness (QED) is 0.703. The van der Waals surface area contributed by atoms with Crippen molar-refractivity contribution in [1.29, 1.82) is 0 Å². The van der Waals surface area contributed by atoms with Crippen molar-refractivity contribution in [2.45, 2.75) is 50.9 Å². The fraction of sp³-hybridized carbons (Fsp3) is 0.435. The molecule has 3 rings (SSSR count). The summed E-state index contributed by atoms with van der Waals surface area (Å²) >= 11 is 0. The van der Waals surface area contributed by atoms with Gasteiger partial charge in [-0.25, -0.2) is 0 Å². The normalized spacial score (nSPS) is 15.6. The molecule has 138 valence electrons. The number of para-hydroxylation sites is 1. The van der Waals surface area contributed by atoms with Crippen LogP contribution in [-0.4, -0.2) is 19.1 Å². The molecule has 0 bridgehead atoms. The Labute approximate surface area is 156 Å². The number of nitrogens with one attached hydrogen (secondary N) is 1. The second-order valence-electron chi connectivity index (χ2n) is 7.06. The molecule has 0 saturated heterocycles. The van der Waals surface area contributed by atoms with Crippen LogP contribution in [0.2, 0.25) is 0 Å². The van der Waals surface area contributed by atoms with Gasteiger partial charge in [-0.15, -0.1) is 0 Å². The van der Waals surface area contributed by atoms with E-state index in [1.807, 2.05) is 43.3 Å². The molecule has 0 aromatic heterocycles. The molecule has 0 atom stereocenters. The molecule has 26 heavy (non-hydrogen) atoms. The maximum Gasteiger partial charge on any atom is 0.230 e. The molecule has 3 heteroatoms. The number of carbonyl (C=O) groups excluding carboxylic acids is 1. The highest BCUT2D eigenvalue weighted by molar-refractivity contribution is 5.88. The smallest absolute Gasteiger partial charge is 0.230 e. The lowest BCUT2D eigenvalue weighted by Crippen LogP contribution is -2.43. The first-order valence-electron chi connectivity index (χ1n) is 9.81. The summed E-state index contributed by atoms with van der Waals surface area (Å²) in [6.45, 7) is 3.38. The summed E-state index contributed by atoms with van der Waals surface area (Å²) in [6.07, 6.45) is 6.00. The standard InChI is InChI=1S/C23H29NO2/c1-2-26-21-15-7-6-11-19(21)12-10-18-24-22(25)23(16-8-9-17-23)20-13-4-3-5-14-20/h3-7,11,13-15H,2,8-10,12,16-18H2,1H3,(H,24,25). The third-order valence-corrected chi connectivity index (χ3v) is 5.40.